The predicted octanol–water partition coefficient (Wildman–Crippen LogP) is 4.72. The Hall–Kier alpha value is -1.87. The SMILES string of the molecule is CC(CC(=O)O)c1cccc(-c2ccc(F)c(Cl)c2)c1. The van der Waals surface area contributed by atoms with E-state index in [2.05, 4.69) is 0 Å². The summed E-state index contributed by atoms with van der Waals surface area (Å²) >= 11 is 5.78. The van der Waals surface area contributed by atoms with Crippen molar-refractivity contribution in [2.75, 3.05) is 0 Å². The zero-order valence-corrected chi connectivity index (χ0v) is 11.7. The molecule has 20 heavy (non-hydrogen) atoms. The van der Waals surface area contributed by atoms with Crippen LogP contribution >= 0.6 is 11.6 Å². The van der Waals surface area contributed by atoms with E-state index in [1.807, 2.05) is 31.2 Å². The summed E-state index contributed by atoms with van der Waals surface area (Å²) in [5.41, 5.74) is 2.63. The summed E-state index contributed by atoms with van der Waals surface area (Å²) in [5.74, 6) is -1.36. The number of rotatable bonds is 4. The molecular weight excluding hydrogens is 279 g/mol. The Morgan fingerprint density at radius 1 is 1.25 bits per heavy atom. The van der Waals surface area contributed by atoms with E-state index in [-0.39, 0.29) is 17.4 Å². The highest BCUT2D eigenvalue weighted by Gasteiger charge is 2.11. The van der Waals surface area contributed by atoms with Gasteiger partial charge in [0.15, 0.2) is 0 Å². The van der Waals surface area contributed by atoms with Crippen LogP contribution in [0.3, 0.4) is 0 Å². The molecule has 1 atom stereocenters. The summed E-state index contributed by atoms with van der Waals surface area (Å²) in [7, 11) is 0. The molecule has 0 fully saturated rings. The highest BCUT2D eigenvalue weighted by atomic mass is 35.5. The lowest BCUT2D eigenvalue weighted by atomic mass is 9.94. The van der Waals surface area contributed by atoms with Crippen molar-refractivity contribution in [3.8, 4) is 11.1 Å². The fourth-order valence-corrected chi connectivity index (χ4v) is 2.26. The first kappa shape index (κ1) is 14.5. The molecule has 0 heterocycles. The first-order valence-corrected chi connectivity index (χ1v) is 6.62. The summed E-state index contributed by atoms with van der Waals surface area (Å²) < 4.78 is 13.2. The maximum Gasteiger partial charge on any atom is 0.303 e. The fourth-order valence-electron chi connectivity index (χ4n) is 2.08. The van der Waals surface area contributed by atoms with Gasteiger partial charge in [0.1, 0.15) is 5.82 Å². The van der Waals surface area contributed by atoms with Gasteiger partial charge < -0.3 is 5.11 Å². The van der Waals surface area contributed by atoms with E-state index in [0.717, 1.165) is 16.7 Å². The normalized spacial score (nSPS) is 12.2. The average molecular weight is 293 g/mol. The van der Waals surface area contributed by atoms with E-state index in [4.69, 9.17) is 16.7 Å². The minimum atomic E-state index is -0.826. The Morgan fingerprint density at radius 2 is 1.95 bits per heavy atom. The predicted molar refractivity (Wildman–Crippen MR) is 77.5 cm³/mol. The zero-order chi connectivity index (χ0) is 14.7. The standard InChI is InChI=1S/C16H14ClFO2/c1-10(7-16(19)20)11-3-2-4-12(8-11)13-5-6-15(18)14(17)9-13/h2-6,8-10H,7H2,1H3,(H,19,20). The van der Waals surface area contributed by atoms with Gasteiger partial charge in [0, 0.05) is 0 Å². The van der Waals surface area contributed by atoms with E-state index in [1.54, 1.807) is 12.1 Å². The largest absolute Gasteiger partial charge is 0.481 e. The molecule has 0 saturated carbocycles. The van der Waals surface area contributed by atoms with Crippen molar-refractivity contribution in [1.82, 2.24) is 0 Å². The lowest BCUT2D eigenvalue weighted by Crippen LogP contribution is -2.02. The van der Waals surface area contributed by atoms with Gasteiger partial charge in [-0.25, -0.2) is 4.39 Å². The molecule has 2 aromatic carbocycles. The van der Waals surface area contributed by atoms with Gasteiger partial charge in [-0.05, 0) is 34.7 Å². The van der Waals surface area contributed by atoms with Crippen LogP contribution in [0.25, 0.3) is 11.1 Å². The van der Waals surface area contributed by atoms with Crippen LogP contribution in [0.2, 0.25) is 5.02 Å². The van der Waals surface area contributed by atoms with Crippen LogP contribution < -0.4 is 0 Å². The van der Waals surface area contributed by atoms with Crippen LogP contribution in [0.5, 0.6) is 0 Å². The molecule has 0 spiro atoms. The molecule has 2 aromatic rings. The third kappa shape index (κ3) is 3.36. The molecule has 0 aromatic heterocycles. The molecule has 0 aliphatic heterocycles. The quantitative estimate of drug-likeness (QED) is 0.885. The van der Waals surface area contributed by atoms with Crippen molar-refractivity contribution in [2.24, 2.45) is 0 Å². The Morgan fingerprint density at radius 3 is 2.60 bits per heavy atom. The molecule has 0 saturated heterocycles. The van der Waals surface area contributed by atoms with Crippen molar-refractivity contribution in [2.45, 2.75) is 19.3 Å². The summed E-state index contributed by atoms with van der Waals surface area (Å²) in [5, 5.41) is 8.91. The summed E-state index contributed by atoms with van der Waals surface area (Å²) in [6.45, 7) is 1.87. The topological polar surface area (TPSA) is 37.3 Å². The van der Waals surface area contributed by atoms with E-state index in [9.17, 15) is 9.18 Å². The van der Waals surface area contributed by atoms with Gasteiger partial charge in [-0.1, -0.05) is 48.9 Å². The van der Waals surface area contributed by atoms with Gasteiger partial charge in [0.05, 0.1) is 11.4 Å². The third-order valence-corrected chi connectivity index (χ3v) is 3.48. The van der Waals surface area contributed by atoms with Crippen LogP contribution in [-0.2, 0) is 4.79 Å². The average Bonchev–Trinajstić information content (AvgIpc) is 2.41. The Balaban J connectivity index is 2.33. The molecule has 1 N–H and O–H groups in total. The van der Waals surface area contributed by atoms with Gasteiger partial charge in [-0.3, -0.25) is 4.79 Å². The lowest BCUT2D eigenvalue weighted by molar-refractivity contribution is -0.137. The molecule has 0 bridgehead atoms. The second kappa shape index (κ2) is 6.06. The number of carboxylic acids is 1. The Bertz CT molecular complexity index is 640. The fraction of sp³-hybridized carbons (Fsp3) is 0.188. The summed E-state index contributed by atoms with van der Waals surface area (Å²) in [4.78, 5) is 10.8. The van der Waals surface area contributed by atoms with Crippen LogP contribution in [0.15, 0.2) is 42.5 Å². The zero-order valence-electron chi connectivity index (χ0n) is 10.9. The van der Waals surface area contributed by atoms with Crippen molar-refractivity contribution >= 4 is 17.6 Å². The molecule has 0 aliphatic rings. The van der Waals surface area contributed by atoms with Gasteiger partial charge >= 0.3 is 5.97 Å². The van der Waals surface area contributed by atoms with E-state index >= 15 is 0 Å². The van der Waals surface area contributed by atoms with Gasteiger partial charge in [-0.15, -0.1) is 0 Å². The number of hydrogen-bond donors (Lipinski definition) is 1. The van der Waals surface area contributed by atoms with E-state index in [1.165, 1.54) is 6.07 Å². The molecule has 2 rings (SSSR count). The molecule has 4 heteroatoms. The Kier molecular flexibility index (Phi) is 4.40. The van der Waals surface area contributed by atoms with Crippen molar-refractivity contribution in [1.29, 1.82) is 0 Å². The number of halogens is 2. The molecule has 0 amide bonds. The van der Waals surface area contributed by atoms with Crippen LogP contribution in [0.1, 0.15) is 24.8 Å². The minimum Gasteiger partial charge on any atom is -0.481 e. The van der Waals surface area contributed by atoms with Crippen molar-refractivity contribution < 1.29 is 14.3 Å². The summed E-state index contributed by atoms with van der Waals surface area (Å²) in [6, 6.07) is 12.1. The number of hydrogen-bond acceptors (Lipinski definition) is 1. The first-order valence-electron chi connectivity index (χ1n) is 6.24. The van der Waals surface area contributed by atoms with Gasteiger partial charge in [-0.2, -0.15) is 0 Å². The van der Waals surface area contributed by atoms with Crippen LogP contribution in [0, 0.1) is 5.82 Å². The van der Waals surface area contributed by atoms with Gasteiger partial charge in [0.25, 0.3) is 0 Å². The third-order valence-electron chi connectivity index (χ3n) is 3.19. The van der Waals surface area contributed by atoms with E-state index < -0.39 is 11.8 Å². The monoisotopic (exact) mass is 292 g/mol. The highest BCUT2D eigenvalue weighted by molar-refractivity contribution is 6.31. The second-order valence-corrected chi connectivity index (χ2v) is 5.16. The van der Waals surface area contributed by atoms with Crippen LogP contribution in [-0.4, -0.2) is 11.1 Å². The molecule has 1 unspecified atom stereocenters. The van der Waals surface area contributed by atoms with Crippen molar-refractivity contribution in [3.05, 3.63) is 58.9 Å². The maximum atomic E-state index is 13.2. The molecule has 0 aliphatic carbocycles. The molecule has 0 radical (unpaired) electrons. The van der Waals surface area contributed by atoms with E-state index in [0.29, 0.717) is 0 Å². The lowest BCUT2D eigenvalue weighted by Gasteiger charge is -2.11. The number of carboxylic acid groups (broad SMARTS) is 1. The number of aliphatic carboxylic acids is 1. The smallest absolute Gasteiger partial charge is 0.303 e. The van der Waals surface area contributed by atoms with Gasteiger partial charge in [0.2, 0.25) is 0 Å². The number of benzene rings is 2. The summed E-state index contributed by atoms with van der Waals surface area (Å²) in [6.07, 6.45) is 0.0770. The Labute approximate surface area is 121 Å². The van der Waals surface area contributed by atoms with Crippen LogP contribution in [0.4, 0.5) is 4.39 Å². The minimum absolute atomic E-state index is 0.0755. The van der Waals surface area contributed by atoms with Crippen molar-refractivity contribution in [3.63, 3.8) is 0 Å². The first-order chi connectivity index (χ1) is 9.47. The molecule has 104 valence electrons. The molecule has 2 nitrogen and oxygen atoms in total. The second-order valence-electron chi connectivity index (χ2n) is 4.75. The maximum absolute atomic E-state index is 13.2. The molecular formula is C16H14ClFO2. The number of carbonyl (C=O) groups is 1. The highest BCUT2D eigenvalue weighted by Crippen LogP contribution is 2.28.